The summed E-state index contributed by atoms with van der Waals surface area (Å²) in [7, 11) is 0. The molecule has 7 heteroatoms. The average Bonchev–Trinajstić information content (AvgIpc) is 3.15. The quantitative estimate of drug-likeness (QED) is 0.562. The maximum atomic E-state index is 13.1. The van der Waals surface area contributed by atoms with E-state index in [9.17, 15) is 9.59 Å². The molecule has 29 heavy (non-hydrogen) atoms. The van der Waals surface area contributed by atoms with Gasteiger partial charge in [-0.2, -0.15) is 0 Å². The number of hydrogen-bond donors (Lipinski definition) is 2. The molecule has 2 heterocycles. The highest BCUT2D eigenvalue weighted by atomic mass is 16.2. The number of rotatable bonds is 4. The van der Waals surface area contributed by atoms with Crippen molar-refractivity contribution in [2.75, 3.05) is 5.32 Å². The van der Waals surface area contributed by atoms with E-state index in [0.29, 0.717) is 17.1 Å². The van der Waals surface area contributed by atoms with Crippen molar-refractivity contribution >= 4 is 23.1 Å². The van der Waals surface area contributed by atoms with Crippen LogP contribution in [0.15, 0.2) is 60.9 Å². The number of primary amides is 1. The minimum absolute atomic E-state index is 0.0167. The summed E-state index contributed by atoms with van der Waals surface area (Å²) in [4.78, 5) is 33.4. The van der Waals surface area contributed by atoms with Crippen LogP contribution in [0.3, 0.4) is 0 Å². The van der Waals surface area contributed by atoms with Gasteiger partial charge in [0.25, 0.3) is 11.8 Å². The van der Waals surface area contributed by atoms with Crippen molar-refractivity contribution in [1.82, 2.24) is 14.4 Å². The maximum Gasteiger partial charge on any atom is 0.272 e. The highest BCUT2D eigenvalue weighted by molar-refractivity contribution is 6.05. The molecule has 3 N–H and O–H groups in total. The molecule has 0 aliphatic rings. The smallest absolute Gasteiger partial charge is 0.272 e. The van der Waals surface area contributed by atoms with Crippen molar-refractivity contribution in [3.8, 4) is 11.3 Å². The predicted molar refractivity (Wildman–Crippen MR) is 111 cm³/mol. The molecule has 2 amide bonds. The molecule has 144 valence electrons. The second-order valence-corrected chi connectivity index (χ2v) is 6.80. The Hall–Kier alpha value is -4.00. The lowest BCUT2D eigenvalue weighted by Gasteiger charge is -2.11. The zero-order chi connectivity index (χ0) is 20.5. The van der Waals surface area contributed by atoms with Gasteiger partial charge in [0.15, 0.2) is 11.3 Å². The van der Waals surface area contributed by atoms with Crippen LogP contribution in [0.4, 0.5) is 5.69 Å². The number of aromatic nitrogens is 3. The molecule has 0 bridgehead atoms. The van der Waals surface area contributed by atoms with Crippen molar-refractivity contribution in [3.63, 3.8) is 0 Å². The van der Waals surface area contributed by atoms with Crippen molar-refractivity contribution in [2.45, 2.75) is 13.8 Å². The first-order valence-electron chi connectivity index (χ1n) is 9.06. The number of imidazole rings is 1. The largest absolute Gasteiger partial charge is 0.364 e. The second-order valence-electron chi connectivity index (χ2n) is 6.80. The van der Waals surface area contributed by atoms with Gasteiger partial charge in [0.2, 0.25) is 0 Å². The van der Waals surface area contributed by atoms with Crippen LogP contribution in [-0.2, 0) is 0 Å². The summed E-state index contributed by atoms with van der Waals surface area (Å²) in [5.74, 6) is -1.04. The number of aryl methyl sites for hydroxylation is 2. The lowest BCUT2D eigenvalue weighted by molar-refractivity contribution is 0.0993. The molecule has 0 saturated heterocycles. The Morgan fingerprint density at radius 2 is 1.76 bits per heavy atom. The van der Waals surface area contributed by atoms with Gasteiger partial charge in [0.1, 0.15) is 12.0 Å². The normalized spacial score (nSPS) is 10.8. The Morgan fingerprint density at radius 1 is 1.00 bits per heavy atom. The van der Waals surface area contributed by atoms with Crippen LogP contribution in [0.25, 0.3) is 16.9 Å². The van der Waals surface area contributed by atoms with E-state index in [4.69, 9.17) is 5.73 Å². The van der Waals surface area contributed by atoms with Crippen LogP contribution in [0.1, 0.15) is 32.1 Å². The van der Waals surface area contributed by atoms with Gasteiger partial charge in [0.05, 0.1) is 5.69 Å². The molecule has 2 aromatic heterocycles. The molecular formula is C22H19N5O2. The van der Waals surface area contributed by atoms with Gasteiger partial charge in [-0.1, -0.05) is 36.4 Å². The summed E-state index contributed by atoms with van der Waals surface area (Å²) < 4.78 is 1.48. The highest BCUT2D eigenvalue weighted by Crippen LogP contribution is 2.22. The molecule has 0 fully saturated rings. The van der Waals surface area contributed by atoms with Gasteiger partial charge in [-0.05, 0) is 43.2 Å². The predicted octanol–water partition coefficient (Wildman–Crippen LogP) is 3.36. The SMILES string of the molecule is Cc1ccc(NC(=O)c2cc(-c3ccccc3)nc3c(C(N)=O)ncn23)cc1C. The zero-order valence-corrected chi connectivity index (χ0v) is 16.0. The molecule has 0 radical (unpaired) electrons. The van der Waals surface area contributed by atoms with Crippen LogP contribution < -0.4 is 11.1 Å². The molecule has 4 rings (SSSR count). The van der Waals surface area contributed by atoms with E-state index in [1.165, 1.54) is 10.7 Å². The number of nitrogens with zero attached hydrogens (tertiary/aromatic N) is 3. The van der Waals surface area contributed by atoms with Gasteiger partial charge in [0, 0.05) is 11.3 Å². The van der Waals surface area contributed by atoms with E-state index in [-0.39, 0.29) is 17.2 Å². The number of carbonyl (C=O) groups is 2. The Balaban J connectivity index is 1.84. The second kappa shape index (κ2) is 7.20. The number of fused-ring (bicyclic) bond motifs is 1. The fraction of sp³-hybridized carbons (Fsp3) is 0.0909. The van der Waals surface area contributed by atoms with Gasteiger partial charge in [-0.15, -0.1) is 0 Å². The Morgan fingerprint density at radius 3 is 2.45 bits per heavy atom. The van der Waals surface area contributed by atoms with E-state index in [1.54, 1.807) is 6.07 Å². The molecule has 0 atom stereocenters. The average molecular weight is 385 g/mol. The van der Waals surface area contributed by atoms with Gasteiger partial charge in [-0.25, -0.2) is 9.97 Å². The van der Waals surface area contributed by atoms with Gasteiger partial charge >= 0.3 is 0 Å². The number of nitrogens with two attached hydrogens (primary N) is 1. The van der Waals surface area contributed by atoms with Crippen molar-refractivity contribution < 1.29 is 9.59 Å². The van der Waals surface area contributed by atoms with E-state index in [1.807, 2.05) is 62.4 Å². The Bertz CT molecular complexity index is 1250. The number of amides is 2. The lowest BCUT2D eigenvalue weighted by atomic mass is 10.1. The van der Waals surface area contributed by atoms with Crippen LogP contribution in [0.2, 0.25) is 0 Å². The summed E-state index contributed by atoms with van der Waals surface area (Å²) >= 11 is 0. The molecule has 0 unspecified atom stereocenters. The van der Waals surface area contributed by atoms with E-state index in [2.05, 4.69) is 15.3 Å². The first-order chi connectivity index (χ1) is 13.9. The van der Waals surface area contributed by atoms with Gasteiger partial charge in [-0.3, -0.25) is 14.0 Å². The van der Waals surface area contributed by atoms with Crippen LogP contribution in [-0.4, -0.2) is 26.2 Å². The minimum atomic E-state index is -0.703. The number of anilines is 1. The van der Waals surface area contributed by atoms with Crippen LogP contribution >= 0.6 is 0 Å². The third-order valence-electron chi connectivity index (χ3n) is 4.80. The first kappa shape index (κ1) is 18.4. The molecular weight excluding hydrogens is 366 g/mol. The third kappa shape index (κ3) is 3.45. The molecule has 2 aromatic carbocycles. The Labute approximate surface area is 167 Å². The topological polar surface area (TPSA) is 102 Å². The Kier molecular flexibility index (Phi) is 4.56. The van der Waals surface area contributed by atoms with Crippen molar-refractivity contribution in [2.24, 2.45) is 5.73 Å². The summed E-state index contributed by atoms with van der Waals surface area (Å²) in [5, 5.41) is 2.90. The molecule has 0 saturated carbocycles. The standard InChI is InChI=1S/C22H19N5O2/c1-13-8-9-16(10-14(13)2)25-22(29)18-11-17(15-6-4-3-5-7-15)26-21-19(20(23)28)24-12-27(18)21/h3-12H,1-2H3,(H2,23,28)(H,25,29). The summed E-state index contributed by atoms with van der Waals surface area (Å²) in [6.45, 7) is 3.99. The van der Waals surface area contributed by atoms with Crippen molar-refractivity contribution in [1.29, 1.82) is 0 Å². The molecule has 4 aromatic rings. The molecule has 0 aliphatic heterocycles. The van der Waals surface area contributed by atoms with Gasteiger partial charge < -0.3 is 11.1 Å². The summed E-state index contributed by atoms with van der Waals surface area (Å²) in [6, 6.07) is 16.8. The fourth-order valence-corrected chi connectivity index (χ4v) is 3.09. The third-order valence-corrected chi connectivity index (χ3v) is 4.80. The van der Waals surface area contributed by atoms with Crippen LogP contribution in [0, 0.1) is 13.8 Å². The monoisotopic (exact) mass is 385 g/mol. The van der Waals surface area contributed by atoms with E-state index in [0.717, 1.165) is 16.7 Å². The summed E-state index contributed by atoms with van der Waals surface area (Å²) in [6.07, 6.45) is 1.38. The highest BCUT2D eigenvalue weighted by Gasteiger charge is 2.19. The minimum Gasteiger partial charge on any atom is -0.364 e. The molecule has 7 nitrogen and oxygen atoms in total. The summed E-state index contributed by atoms with van der Waals surface area (Å²) in [5.41, 5.74) is 10.2. The number of nitrogens with one attached hydrogen (secondary N) is 1. The number of carbonyl (C=O) groups excluding carboxylic acids is 2. The fourth-order valence-electron chi connectivity index (χ4n) is 3.09. The van der Waals surface area contributed by atoms with E-state index >= 15 is 0 Å². The van der Waals surface area contributed by atoms with E-state index < -0.39 is 5.91 Å². The van der Waals surface area contributed by atoms with Crippen LogP contribution in [0.5, 0.6) is 0 Å². The number of hydrogen-bond acceptors (Lipinski definition) is 4. The molecule has 0 spiro atoms. The maximum absolute atomic E-state index is 13.1. The zero-order valence-electron chi connectivity index (χ0n) is 16.0. The van der Waals surface area contributed by atoms with Crippen molar-refractivity contribution in [3.05, 3.63) is 83.4 Å². The number of benzene rings is 2. The molecule has 0 aliphatic carbocycles. The lowest BCUT2D eigenvalue weighted by Crippen LogP contribution is -2.17. The first-order valence-corrected chi connectivity index (χ1v) is 9.06.